The minimum absolute atomic E-state index is 0.188. The Balaban J connectivity index is 1.92. The van der Waals surface area contributed by atoms with Crippen LogP contribution in [-0.4, -0.2) is 18.0 Å². The van der Waals surface area contributed by atoms with Crippen LogP contribution in [0.5, 0.6) is 0 Å². The lowest BCUT2D eigenvalue weighted by atomic mass is 9.95. The summed E-state index contributed by atoms with van der Waals surface area (Å²) in [5, 5.41) is 3.55. The maximum Gasteiger partial charge on any atom is 0.341 e. The molecule has 0 atom stereocenters. The van der Waals surface area contributed by atoms with Gasteiger partial charge < -0.3 is 10.1 Å². The van der Waals surface area contributed by atoms with Crippen LogP contribution < -0.4 is 5.32 Å². The number of aryl methyl sites for hydroxylation is 2. The van der Waals surface area contributed by atoms with Gasteiger partial charge in [0.25, 0.3) is 5.91 Å². The van der Waals surface area contributed by atoms with E-state index in [2.05, 4.69) is 5.32 Å². The molecule has 1 aliphatic carbocycles. The van der Waals surface area contributed by atoms with E-state index in [9.17, 15) is 9.59 Å². The second-order valence-corrected chi connectivity index (χ2v) is 7.79. The van der Waals surface area contributed by atoms with E-state index in [4.69, 9.17) is 4.74 Å². The Morgan fingerprint density at radius 3 is 2.48 bits per heavy atom. The molecule has 0 saturated heterocycles. The molecule has 0 fully saturated rings. The highest BCUT2D eigenvalue weighted by atomic mass is 32.1. The Morgan fingerprint density at radius 1 is 1.12 bits per heavy atom. The van der Waals surface area contributed by atoms with Crippen molar-refractivity contribution in [3.63, 3.8) is 0 Å². The number of hydrogen-bond donors (Lipinski definition) is 1. The molecule has 132 valence electrons. The van der Waals surface area contributed by atoms with Crippen molar-refractivity contribution in [2.24, 2.45) is 0 Å². The van der Waals surface area contributed by atoms with Crippen molar-refractivity contribution in [3.8, 4) is 0 Å². The molecule has 1 aliphatic rings. The first-order valence-corrected chi connectivity index (χ1v) is 9.51. The number of ether oxygens (including phenoxy) is 1. The Labute approximate surface area is 152 Å². The zero-order chi connectivity index (χ0) is 18.0. The van der Waals surface area contributed by atoms with Gasteiger partial charge in [0.15, 0.2) is 0 Å². The maximum atomic E-state index is 12.6. The smallest absolute Gasteiger partial charge is 0.341 e. The van der Waals surface area contributed by atoms with Gasteiger partial charge in [0.05, 0.1) is 11.7 Å². The summed E-state index contributed by atoms with van der Waals surface area (Å²) in [7, 11) is 0. The molecule has 1 heterocycles. The summed E-state index contributed by atoms with van der Waals surface area (Å²) in [6.45, 7) is 5.65. The highest BCUT2D eigenvalue weighted by Gasteiger charge is 2.28. The standard InChI is InChI=1S/C20H23NO3S/c1-12(2)24-20(23)17-15-6-4-5-7-16(15)25-19(17)21-18(22)14-10-8-13(3)9-11-14/h8-12H,4-7H2,1-3H3,(H,21,22). The summed E-state index contributed by atoms with van der Waals surface area (Å²) < 4.78 is 5.42. The van der Waals surface area contributed by atoms with E-state index in [1.54, 1.807) is 12.1 Å². The normalized spacial score (nSPS) is 13.4. The van der Waals surface area contributed by atoms with Crippen LogP contribution in [0.2, 0.25) is 0 Å². The van der Waals surface area contributed by atoms with Gasteiger partial charge in [0.1, 0.15) is 5.00 Å². The Bertz CT molecular complexity index is 790. The van der Waals surface area contributed by atoms with Crippen molar-refractivity contribution < 1.29 is 14.3 Å². The first-order chi connectivity index (χ1) is 12.0. The van der Waals surface area contributed by atoms with Crippen LogP contribution in [0.15, 0.2) is 24.3 Å². The van der Waals surface area contributed by atoms with Gasteiger partial charge in [0.2, 0.25) is 0 Å². The fourth-order valence-corrected chi connectivity index (χ4v) is 4.30. The monoisotopic (exact) mass is 357 g/mol. The van der Waals surface area contributed by atoms with Gasteiger partial charge >= 0.3 is 5.97 Å². The fourth-order valence-electron chi connectivity index (χ4n) is 3.02. The predicted molar refractivity (Wildman–Crippen MR) is 101 cm³/mol. The highest BCUT2D eigenvalue weighted by molar-refractivity contribution is 7.17. The number of hydrogen-bond acceptors (Lipinski definition) is 4. The number of rotatable bonds is 4. The number of thiophene rings is 1. The van der Waals surface area contributed by atoms with E-state index >= 15 is 0 Å². The molecule has 5 heteroatoms. The number of fused-ring (bicyclic) bond motifs is 1. The number of anilines is 1. The average Bonchev–Trinajstić information content (AvgIpc) is 2.92. The third-order valence-electron chi connectivity index (χ3n) is 4.26. The Hall–Kier alpha value is -2.14. The van der Waals surface area contributed by atoms with Gasteiger partial charge in [-0.15, -0.1) is 11.3 Å². The Morgan fingerprint density at radius 2 is 1.80 bits per heavy atom. The molecule has 1 amide bonds. The lowest BCUT2D eigenvalue weighted by Crippen LogP contribution is -2.17. The Kier molecular flexibility index (Phi) is 5.23. The van der Waals surface area contributed by atoms with E-state index in [1.165, 1.54) is 16.2 Å². The van der Waals surface area contributed by atoms with Crippen LogP contribution in [0.3, 0.4) is 0 Å². The molecule has 4 nitrogen and oxygen atoms in total. The number of carbonyl (C=O) groups is 2. The summed E-state index contributed by atoms with van der Waals surface area (Å²) >= 11 is 1.51. The van der Waals surface area contributed by atoms with Gasteiger partial charge in [0, 0.05) is 10.4 Å². The SMILES string of the molecule is Cc1ccc(C(=O)Nc2sc3c(c2C(=O)OC(C)C)CCCC3)cc1. The van der Waals surface area contributed by atoms with E-state index in [0.29, 0.717) is 16.1 Å². The van der Waals surface area contributed by atoms with Crippen LogP contribution in [-0.2, 0) is 17.6 Å². The molecule has 0 saturated carbocycles. The number of esters is 1. The highest BCUT2D eigenvalue weighted by Crippen LogP contribution is 2.39. The minimum Gasteiger partial charge on any atom is -0.459 e. The van der Waals surface area contributed by atoms with Gasteiger partial charge in [-0.2, -0.15) is 0 Å². The number of amides is 1. The summed E-state index contributed by atoms with van der Waals surface area (Å²) in [5.74, 6) is -0.536. The summed E-state index contributed by atoms with van der Waals surface area (Å²) in [4.78, 5) is 26.4. The van der Waals surface area contributed by atoms with Gasteiger partial charge in [-0.3, -0.25) is 4.79 Å². The van der Waals surface area contributed by atoms with Crippen LogP contribution in [0, 0.1) is 6.92 Å². The van der Waals surface area contributed by atoms with Crippen LogP contribution >= 0.6 is 11.3 Å². The van der Waals surface area contributed by atoms with Gasteiger partial charge in [-0.25, -0.2) is 4.79 Å². The number of nitrogens with one attached hydrogen (secondary N) is 1. The van der Waals surface area contributed by atoms with Crippen molar-refractivity contribution >= 4 is 28.2 Å². The first-order valence-electron chi connectivity index (χ1n) is 8.69. The second kappa shape index (κ2) is 7.40. The third kappa shape index (κ3) is 3.93. The molecule has 0 spiro atoms. The van der Waals surface area contributed by atoms with Crippen LogP contribution in [0.1, 0.15) is 63.4 Å². The fraction of sp³-hybridized carbons (Fsp3) is 0.400. The minimum atomic E-state index is -0.339. The van der Waals surface area contributed by atoms with E-state index in [1.807, 2.05) is 32.9 Å². The average molecular weight is 357 g/mol. The maximum absolute atomic E-state index is 12.6. The van der Waals surface area contributed by atoms with E-state index in [-0.39, 0.29) is 18.0 Å². The van der Waals surface area contributed by atoms with E-state index in [0.717, 1.165) is 36.8 Å². The number of benzene rings is 1. The molecule has 1 aromatic carbocycles. The molecular weight excluding hydrogens is 334 g/mol. The van der Waals surface area contributed by atoms with Crippen molar-refractivity contribution in [1.82, 2.24) is 0 Å². The summed E-state index contributed by atoms with van der Waals surface area (Å²) in [6.07, 6.45) is 3.83. The summed E-state index contributed by atoms with van der Waals surface area (Å²) in [6, 6.07) is 7.40. The predicted octanol–water partition coefficient (Wildman–Crippen LogP) is 4.75. The lowest BCUT2D eigenvalue weighted by Gasteiger charge is -2.14. The largest absolute Gasteiger partial charge is 0.459 e. The first kappa shape index (κ1) is 17.7. The van der Waals surface area contributed by atoms with Crippen molar-refractivity contribution in [2.75, 3.05) is 5.32 Å². The van der Waals surface area contributed by atoms with Crippen LogP contribution in [0.25, 0.3) is 0 Å². The molecule has 0 radical (unpaired) electrons. The van der Waals surface area contributed by atoms with Gasteiger partial charge in [-0.05, 0) is 64.2 Å². The van der Waals surface area contributed by atoms with Gasteiger partial charge in [-0.1, -0.05) is 17.7 Å². The molecule has 0 unspecified atom stereocenters. The molecule has 1 N–H and O–H groups in total. The van der Waals surface area contributed by atoms with Crippen molar-refractivity contribution in [2.45, 2.75) is 52.6 Å². The van der Waals surface area contributed by atoms with E-state index < -0.39 is 0 Å². The number of carbonyl (C=O) groups excluding carboxylic acids is 2. The molecular formula is C20H23NO3S. The zero-order valence-electron chi connectivity index (χ0n) is 14.8. The van der Waals surface area contributed by atoms with Crippen molar-refractivity contribution in [1.29, 1.82) is 0 Å². The molecule has 1 aromatic heterocycles. The molecule has 3 rings (SSSR count). The zero-order valence-corrected chi connectivity index (χ0v) is 15.7. The second-order valence-electron chi connectivity index (χ2n) is 6.69. The quantitative estimate of drug-likeness (QED) is 0.803. The summed E-state index contributed by atoms with van der Waals surface area (Å²) in [5.41, 5.74) is 3.29. The molecule has 0 bridgehead atoms. The third-order valence-corrected chi connectivity index (χ3v) is 5.47. The topological polar surface area (TPSA) is 55.4 Å². The van der Waals surface area contributed by atoms with Crippen LogP contribution in [0.4, 0.5) is 5.00 Å². The molecule has 2 aromatic rings. The molecule has 0 aliphatic heterocycles. The molecule has 25 heavy (non-hydrogen) atoms. The lowest BCUT2D eigenvalue weighted by molar-refractivity contribution is 0.0378. The van der Waals surface area contributed by atoms with Crippen molar-refractivity contribution in [3.05, 3.63) is 51.4 Å².